The summed E-state index contributed by atoms with van der Waals surface area (Å²) in [6.45, 7) is 2.05. The third-order valence-corrected chi connectivity index (χ3v) is 5.46. The van der Waals surface area contributed by atoms with Crippen LogP contribution < -0.4 is 10.5 Å². The van der Waals surface area contributed by atoms with Gasteiger partial charge in [-0.05, 0) is 47.1 Å². The number of pyridine rings is 2. The van der Waals surface area contributed by atoms with Crippen molar-refractivity contribution in [3.05, 3.63) is 70.5 Å². The van der Waals surface area contributed by atoms with Crippen LogP contribution in [0.3, 0.4) is 0 Å². The second kappa shape index (κ2) is 9.18. The Labute approximate surface area is 192 Å². The lowest BCUT2D eigenvalue weighted by Gasteiger charge is -2.28. The number of rotatable bonds is 6. The van der Waals surface area contributed by atoms with Gasteiger partial charge < -0.3 is 15.4 Å². The smallest absolute Gasteiger partial charge is 0.256 e. The van der Waals surface area contributed by atoms with E-state index < -0.39 is 6.04 Å². The maximum Gasteiger partial charge on any atom is 0.256 e. The first-order valence-electron chi connectivity index (χ1n) is 9.62. The molecule has 0 saturated carbocycles. The highest BCUT2D eigenvalue weighted by atomic mass is 79.9. The molecule has 4 aromatic heterocycles. The average molecular weight is 495 g/mol. The molecule has 1 atom stereocenters. The van der Waals surface area contributed by atoms with Gasteiger partial charge in [-0.1, -0.05) is 0 Å². The minimum Gasteiger partial charge on any atom is -0.480 e. The molecule has 11 heteroatoms. The van der Waals surface area contributed by atoms with E-state index in [0.29, 0.717) is 44.3 Å². The zero-order valence-corrected chi connectivity index (χ0v) is 18.9. The summed E-state index contributed by atoms with van der Waals surface area (Å²) < 4.78 is 5.70. The van der Waals surface area contributed by atoms with E-state index in [4.69, 9.17) is 10.5 Å². The fraction of sp³-hybridized carbons (Fsp3) is 0.190. The molecule has 4 aromatic rings. The van der Waals surface area contributed by atoms with Gasteiger partial charge >= 0.3 is 0 Å². The Kier molecular flexibility index (Phi) is 6.17. The van der Waals surface area contributed by atoms with E-state index in [1.807, 2.05) is 6.92 Å². The second-order valence-electron chi connectivity index (χ2n) is 6.91. The topological polar surface area (TPSA) is 133 Å². The molecule has 0 unspecified atom stereocenters. The van der Waals surface area contributed by atoms with Gasteiger partial charge in [0.25, 0.3) is 5.91 Å². The molecule has 2 N–H and O–H groups in total. The number of hydrogen-bond acceptors (Lipinski definition) is 9. The molecule has 0 aliphatic rings. The summed E-state index contributed by atoms with van der Waals surface area (Å²) in [4.78, 5) is 32.4. The molecule has 0 aromatic carbocycles. The highest BCUT2D eigenvalue weighted by Crippen LogP contribution is 2.25. The van der Waals surface area contributed by atoms with Crippen LogP contribution in [0, 0.1) is 0 Å². The summed E-state index contributed by atoms with van der Waals surface area (Å²) in [6, 6.07) is 8.26. The number of fused-ring (bicyclic) bond motifs is 1. The summed E-state index contributed by atoms with van der Waals surface area (Å²) in [6.07, 6.45) is 4.76. The molecule has 0 aliphatic carbocycles. The number of amides is 1. The molecule has 1 amide bonds. The fourth-order valence-electron chi connectivity index (χ4n) is 3.10. The predicted molar refractivity (Wildman–Crippen MR) is 121 cm³/mol. The number of ether oxygens (including phenoxy) is 1. The molecule has 0 saturated heterocycles. The summed E-state index contributed by atoms with van der Waals surface area (Å²) in [5.41, 5.74) is 7.27. The first-order chi connectivity index (χ1) is 15.5. The van der Waals surface area contributed by atoms with E-state index in [9.17, 15) is 4.79 Å². The zero-order valence-electron chi connectivity index (χ0n) is 17.3. The molecular formula is C21H19BrN8O2. The van der Waals surface area contributed by atoms with Crippen molar-refractivity contribution in [3.63, 3.8) is 0 Å². The van der Waals surface area contributed by atoms with E-state index in [0.717, 1.165) is 0 Å². The Bertz CT molecular complexity index is 1250. The fourth-order valence-corrected chi connectivity index (χ4v) is 3.44. The number of hydrogen-bond donors (Lipinski definition) is 1. The van der Waals surface area contributed by atoms with Crippen molar-refractivity contribution in [2.45, 2.75) is 19.5 Å². The Morgan fingerprint density at radius 3 is 2.66 bits per heavy atom. The summed E-state index contributed by atoms with van der Waals surface area (Å²) >= 11 is 3.36. The Morgan fingerprint density at radius 1 is 1.19 bits per heavy atom. The van der Waals surface area contributed by atoms with Gasteiger partial charge in [0.1, 0.15) is 11.6 Å². The molecule has 4 rings (SSSR count). The number of carbonyl (C=O) groups is 1. The monoisotopic (exact) mass is 494 g/mol. The van der Waals surface area contributed by atoms with Gasteiger partial charge in [0.05, 0.1) is 35.4 Å². The van der Waals surface area contributed by atoms with Gasteiger partial charge in [-0.2, -0.15) is 5.10 Å². The van der Waals surface area contributed by atoms with E-state index >= 15 is 0 Å². The van der Waals surface area contributed by atoms with Crippen molar-refractivity contribution in [1.29, 1.82) is 0 Å². The van der Waals surface area contributed by atoms with E-state index in [2.05, 4.69) is 46.1 Å². The maximum atomic E-state index is 13.6. The number of carbonyl (C=O) groups excluding carboxylic acids is 1. The largest absolute Gasteiger partial charge is 0.480 e. The van der Waals surface area contributed by atoms with Crippen molar-refractivity contribution in [2.75, 3.05) is 12.8 Å². The van der Waals surface area contributed by atoms with E-state index in [-0.39, 0.29) is 12.5 Å². The summed E-state index contributed by atoms with van der Waals surface area (Å²) in [5, 5.41) is 8.84. The summed E-state index contributed by atoms with van der Waals surface area (Å²) in [7, 11) is 1.52. The number of nitrogen functional groups attached to an aromatic ring is 1. The second-order valence-corrected chi connectivity index (χ2v) is 7.76. The predicted octanol–water partition coefficient (Wildman–Crippen LogP) is 2.97. The van der Waals surface area contributed by atoms with Crippen LogP contribution in [-0.2, 0) is 6.54 Å². The SMILES string of the molecule is COc1ccc(CN(C(=O)c2cnc3nc(N)c(Br)cc3c2)[C@H](C)c2ncccn2)nn1. The van der Waals surface area contributed by atoms with Gasteiger partial charge in [0.15, 0.2) is 5.65 Å². The van der Waals surface area contributed by atoms with Crippen LogP contribution in [0.5, 0.6) is 5.88 Å². The molecule has 32 heavy (non-hydrogen) atoms. The van der Waals surface area contributed by atoms with Crippen LogP contribution in [0.15, 0.2) is 53.4 Å². The van der Waals surface area contributed by atoms with Gasteiger partial charge in [-0.3, -0.25) is 4.79 Å². The van der Waals surface area contributed by atoms with Crippen LogP contribution in [-0.4, -0.2) is 48.1 Å². The minimum atomic E-state index is -0.431. The molecule has 0 aliphatic heterocycles. The van der Waals surface area contributed by atoms with Crippen molar-refractivity contribution < 1.29 is 9.53 Å². The standard InChI is InChI=1S/C21H19BrN8O2/c1-12(19-24-6-3-7-25-19)30(11-15-4-5-17(32-2)29-28-15)21(31)14-8-13-9-16(22)18(23)27-20(13)26-10-14/h3-10,12H,11H2,1-2H3,(H2,23,26,27)/t12-/m1/s1. The van der Waals surface area contributed by atoms with Crippen LogP contribution in [0.2, 0.25) is 0 Å². The van der Waals surface area contributed by atoms with Crippen molar-refractivity contribution in [2.24, 2.45) is 0 Å². The van der Waals surface area contributed by atoms with Crippen LogP contribution in [0.4, 0.5) is 5.82 Å². The molecule has 10 nitrogen and oxygen atoms in total. The lowest BCUT2D eigenvalue weighted by atomic mass is 10.1. The molecule has 0 bridgehead atoms. The van der Waals surface area contributed by atoms with Gasteiger partial charge in [-0.25, -0.2) is 19.9 Å². The first kappa shape index (κ1) is 21.5. The number of nitrogens with two attached hydrogens (primary N) is 1. The average Bonchev–Trinajstić information content (AvgIpc) is 2.83. The number of aromatic nitrogens is 6. The lowest BCUT2D eigenvalue weighted by Crippen LogP contribution is -2.34. The highest BCUT2D eigenvalue weighted by molar-refractivity contribution is 9.10. The number of methoxy groups -OCH3 is 1. The summed E-state index contributed by atoms with van der Waals surface area (Å²) in [5.74, 6) is 0.971. The van der Waals surface area contributed by atoms with Gasteiger partial charge in [0.2, 0.25) is 5.88 Å². The zero-order chi connectivity index (χ0) is 22.7. The van der Waals surface area contributed by atoms with Crippen molar-refractivity contribution in [1.82, 2.24) is 35.0 Å². The molecule has 0 radical (unpaired) electrons. The molecular weight excluding hydrogens is 476 g/mol. The highest BCUT2D eigenvalue weighted by Gasteiger charge is 2.26. The van der Waals surface area contributed by atoms with E-state index in [1.165, 1.54) is 13.3 Å². The number of nitrogens with zero attached hydrogens (tertiary/aromatic N) is 7. The van der Waals surface area contributed by atoms with Gasteiger partial charge in [-0.15, -0.1) is 5.10 Å². The third-order valence-electron chi connectivity index (χ3n) is 4.82. The van der Waals surface area contributed by atoms with Crippen molar-refractivity contribution >= 4 is 38.7 Å². The quantitative estimate of drug-likeness (QED) is 0.429. The molecule has 0 fully saturated rings. The normalized spacial score (nSPS) is 11.8. The Morgan fingerprint density at radius 2 is 1.97 bits per heavy atom. The Balaban J connectivity index is 1.71. The molecule has 162 valence electrons. The molecule has 0 spiro atoms. The van der Waals surface area contributed by atoms with Crippen LogP contribution in [0.25, 0.3) is 11.0 Å². The first-order valence-corrected chi connectivity index (χ1v) is 10.4. The Hall–Kier alpha value is -3.73. The molecule has 4 heterocycles. The lowest BCUT2D eigenvalue weighted by molar-refractivity contribution is 0.0662. The minimum absolute atomic E-state index is 0.191. The van der Waals surface area contributed by atoms with Crippen LogP contribution >= 0.6 is 15.9 Å². The van der Waals surface area contributed by atoms with Gasteiger partial charge in [0, 0.05) is 30.0 Å². The third kappa shape index (κ3) is 4.47. The van der Waals surface area contributed by atoms with Crippen LogP contribution in [0.1, 0.15) is 34.8 Å². The number of anilines is 1. The maximum absolute atomic E-state index is 13.6. The van der Waals surface area contributed by atoms with Crippen molar-refractivity contribution in [3.8, 4) is 5.88 Å². The number of halogens is 1. The van der Waals surface area contributed by atoms with E-state index in [1.54, 1.807) is 47.6 Å².